The maximum atomic E-state index is 12.2. The number of carbonyl (C=O) groups is 3. The van der Waals surface area contributed by atoms with Crippen LogP contribution < -0.4 is 5.32 Å². The van der Waals surface area contributed by atoms with Gasteiger partial charge in [-0.05, 0) is 24.3 Å². The summed E-state index contributed by atoms with van der Waals surface area (Å²) >= 11 is 1.29. The molecule has 1 amide bonds. The third-order valence-corrected chi connectivity index (χ3v) is 4.65. The van der Waals surface area contributed by atoms with E-state index in [0.29, 0.717) is 17.1 Å². The summed E-state index contributed by atoms with van der Waals surface area (Å²) in [5.41, 5.74) is -0.0642. The van der Waals surface area contributed by atoms with E-state index in [1.807, 2.05) is 20.8 Å². The molecule has 0 fully saturated rings. The van der Waals surface area contributed by atoms with Gasteiger partial charge in [0.2, 0.25) is 11.7 Å². The van der Waals surface area contributed by atoms with Crippen molar-refractivity contribution in [2.45, 2.75) is 27.3 Å². The first kappa shape index (κ1) is 18.9. The van der Waals surface area contributed by atoms with Crippen molar-refractivity contribution in [2.24, 2.45) is 12.5 Å². The number of aromatic nitrogens is 1. The van der Waals surface area contributed by atoms with Crippen molar-refractivity contribution in [1.29, 1.82) is 0 Å². The molecule has 7 heteroatoms. The lowest BCUT2D eigenvalue weighted by Crippen LogP contribution is -2.34. The standard InChI is InChI=1S/C18H22N2O4S/c1-18(2,3)17(23)19-10-12-7-8-15(25-12)14(21)11-24-16(22)13-6-5-9-20(13)4/h5-9H,10-11H2,1-4H3,(H,19,23). The van der Waals surface area contributed by atoms with E-state index in [9.17, 15) is 14.4 Å². The van der Waals surface area contributed by atoms with E-state index in [1.165, 1.54) is 11.3 Å². The smallest absolute Gasteiger partial charge is 0.355 e. The van der Waals surface area contributed by atoms with Gasteiger partial charge in [0, 0.05) is 23.5 Å². The van der Waals surface area contributed by atoms with Crippen LogP contribution in [-0.2, 0) is 23.1 Å². The summed E-state index contributed by atoms with van der Waals surface area (Å²) in [6, 6.07) is 6.84. The Labute approximate surface area is 150 Å². The second-order valence-corrected chi connectivity index (χ2v) is 7.87. The zero-order valence-electron chi connectivity index (χ0n) is 14.8. The lowest BCUT2D eigenvalue weighted by molar-refractivity contribution is -0.128. The molecule has 2 aromatic rings. The van der Waals surface area contributed by atoms with E-state index in [2.05, 4.69) is 5.32 Å². The van der Waals surface area contributed by atoms with E-state index in [1.54, 1.807) is 42.1 Å². The van der Waals surface area contributed by atoms with Crippen LogP contribution in [0.15, 0.2) is 30.5 Å². The van der Waals surface area contributed by atoms with Crippen molar-refractivity contribution in [1.82, 2.24) is 9.88 Å². The number of hydrogen-bond donors (Lipinski definition) is 1. The van der Waals surface area contributed by atoms with Gasteiger partial charge in [0.1, 0.15) is 5.69 Å². The highest BCUT2D eigenvalue weighted by atomic mass is 32.1. The Morgan fingerprint density at radius 1 is 1.20 bits per heavy atom. The van der Waals surface area contributed by atoms with Crippen LogP contribution in [0.5, 0.6) is 0 Å². The Kier molecular flexibility index (Phi) is 5.79. The summed E-state index contributed by atoms with van der Waals surface area (Å²) in [5.74, 6) is -0.846. The summed E-state index contributed by atoms with van der Waals surface area (Å²) in [7, 11) is 1.73. The van der Waals surface area contributed by atoms with Gasteiger partial charge in [-0.2, -0.15) is 0 Å². The molecule has 0 aliphatic carbocycles. The third-order valence-electron chi connectivity index (χ3n) is 3.53. The molecule has 0 aliphatic rings. The molecular weight excluding hydrogens is 340 g/mol. The number of nitrogens with zero attached hydrogens (tertiary/aromatic N) is 1. The van der Waals surface area contributed by atoms with Crippen LogP contribution in [0.4, 0.5) is 0 Å². The fourth-order valence-corrected chi connectivity index (χ4v) is 2.88. The maximum absolute atomic E-state index is 12.2. The van der Waals surface area contributed by atoms with Crippen LogP contribution in [0.1, 0.15) is 45.8 Å². The first-order valence-electron chi connectivity index (χ1n) is 7.87. The summed E-state index contributed by atoms with van der Waals surface area (Å²) in [6.45, 7) is 5.59. The van der Waals surface area contributed by atoms with Crippen molar-refractivity contribution in [3.05, 3.63) is 45.9 Å². The normalized spacial score (nSPS) is 11.2. The maximum Gasteiger partial charge on any atom is 0.355 e. The van der Waals surface area contributed by atoms with Gasteiger partial charge in [0.15, 0.2) is 6.61 Å². The number of thiophene rings is 1. The highest BCUT2D eigenvalue weighted by Crippen LogP contribution is 2.19. The molecule has 6 nitrogen and oxygen atoms in total. The Hall–Kier alpha value is -2.41. The van der Waals surface area contributed by atoms with Gasteiger partial charge < -0.3 is 14.6 Å². The number of hydrogen-bond acceptors (Lipinski definition) is 5. The van der Waals surface area contributed by atoms with Gasteiger partial charge in [0.05, 0.1) is 11.4 Å². The van der Waals surface area contributed by atoms with E-state index in [4.69, 9.17) is 4.74 Å². The predicted molar refractivity (Wildman–Crippen MR) is 95.6 cm³/mol. The molecule has 0 atom stereocenters. The van der Waals surface area contributed by atoms with Crippen LogP contribution in [-0.4, -0.2) is 28.8 Å². The Morgan fingerprint density at radius 2 is 1.92 bits per heavy atom. The van der Waals surface area contributed by atoms with Gasteiger partial charge in [-0.25, -0.2) is 4.79 Å². The number of Topliss-reactive ketones (excluding diaryl/α,β-unsaturated/α-hetero) is 1. The largest absolute Gasteiger partial charge is 0.453 e. The molecule has 2 aromatic heterocycles. The number of nitrogens with one attached hydrogen (secondary N) is 1. The number of aryl methyl sites for hydroxylation is 1. The molecule has 2 rings (SSSR count). The topological polar surface area (TPSA) is 77.4 Å². The first-order valence-corrected chi connectivity index (χ1v) is 8.69. The molecule has 0 spiro atoms. The molecule has 1 N–H and O–H groups in total. The minimum atomic E-state index is -0.532. The first-order chi connectivity index (χ1) is 11.7. The highest BCUT2D eigenvalue weighted by molar-refractivity contribution is 7.14. The van der Waals surface area contributed by atoms with Crippen molar-refractivity contribution < 1.29 is 19.1 Å². The minimum absolute atomic E-state index is 0.0507. The third kappa shape index (κ3) is 5.03. The molecule has 2 heterocycles. The van der Waals surface area contributed by atoms with Gasteiger partial charge in [-0.3, -0.25) is 9.59 Å². The highest BCUT2D eigenvalue weighted by Gasteiger charge is 2.21. The van der Waals surface area contributed by atoms with Crippen LogP contribution in [0.2, 0.25) is 0 Å². The second-order valence-electron chi connectivity index (χ2n) is 6.70. The number of ketones is 1. The van der Waals surface area contributed by atoms with Crippen LogP contribution in [0, 0.1) is 5.41 Å². The summed E-state index contributed by atoms with van der Waals surface area (Å²) in [4.78, 5) is 37.3. The van der Waals surface area contributed by atoms with Crippen molar-refractivity contribution in [3.63, 3.8) is 0 Å². The second kappa shape index (κ2) is 7.65. The van der Waals surface area contributed by atoms with Crippen LogP contribution in [0.3, 0.4) is 0 Å². The lowest BCUT2D eigenvalue weighted by atomic mass is 9.96. The molecule has 134 valence electrons. The zero-order chi connectivity index (χ0) is 18.6. The van der Waals surface area contributed by atoms with Crippen molar-refractivity contribution >= 4 is 29.0 Å². The number of rotatable bonds is 6. The fourth-order valence-electron chi connectivity index (χ4n) is 2.00. The zero-order valence-corrected chi connectivity index (χ0v) is 15.6. The van der Waals surface area contributed by atoms with Gasteiger partial charge in [-0.15, -0.1) is 11.3 Å². The molecule has 0 radical (unpaired) electrons. The molecule has 0 saturated heterocycles. The quantitative estimate of drug-likeness (QED) is 0.633. The minimum Gasteiger partial charge on any atom is -0.453 e. The SMILES string of the molecule is Cn1cccc1C(=O)OCC(=O)c1ccc(CNC(=O)C(C)(C)C)s1. The average Bonchev–Trinajstić information content (AvgIpc) is 3.17. The Balaban J connectivity index is 1.87. The molecule has 0 aliphatic heterocycles. The van der Waals surface area contributed by atoms with Crippen LogP contribution in [0.25, 0.3) is 0 Å². The summed E-state index contributed by atoms with van der Waals surface area (Å²) in [6.07, 6.45) is 1.73. The van der Waals surface area contributed by atoms with E-state index in [0.717, 1.165) is 4.88 Å². The molecular formula is C18H22N2O4S. The molecule has 0 saturated carbocycles. The van der Waals surface area contributed by atoms with E-state index in [-0.39, 0.29) is 18.3 Å². The van der Waals surface area contributed by atoms with Gasteiger partial charge in [0.25, 0.3) is 0 Å². The summed E-state index contributed by atoms with van der Waals surface area (Å²) < 4.78 is 6.70. The summed E-state index contributed by atoms with van der Waals surface area (Å²) in [5, 5.41) is 2.84. The fraction of sp³-hybridized carbons (Fsp3) is 0.389. The van der Waals surface area contributed by atoms with Gasteiger partial charge >= 0.3 is 5.97 Å². The Bertz CT molecular complexity index is 783. The van der Waals surface area contributed by atoms with Crippen LogP contribution >= 0.6 is 11.3 Å². The Morgan fingerprint density at radius 3 is 2.52 bits per heavy atom. The molecule has 25 heavy (non-hydrogen) atoms. The number of ether oxygens (including phenoxy) is 1. The lowest BCUT2D eigenvalue weighted by Gasteiger charge is -2.17. The molecule has 0 aromatic carbocycles. The van der Waals surface area contributed by atoms with Crippen molar-refractivity contribution in [3.8, 4) is 0 Å². The monoisotopic (exact) mass is 362 g/mol. The molecule has 0 unspecified atom stereocenters. The predicted octanol–water partition coefficient (Wildman–Crippen LogP) is 2.79. The van der Waals surface area contributed by atoms with E-state index < -0.39 is 11.4 Å². The van der Waals surface area contributed by atoms with Crippen molar-refractivity contribution in [2.75, 3.05) is 6.61 Å². The number of amides is 1. The molecule has 0 bridgehead atoms. The van der Waals surface area contributed by atoms with E-state index >= 15 is 0 Å². The number of carbonyl (C=O) groups excluding carboxylic acids is 3. The van der Waals surface area contributed by atoms with Gasteiger partial charge in [-0.1, -0.05) is 20.8 Å². The number of esters is 1. The average molecular weight is 362 g/mol.